The van der Waals surface area contributed by atoms with Crippen LogP contribution in [0.15, 0.2) is 158 Å². The number of fused-ring (bicyclic) bond motifs is 5. The molecule has 57 heavy (non-hydrogen) atoms. The summed E-state index contributed by atoms with van der Waals surface area (Å²) >= 11 is 0. The van der Waals surface area contributed by atoms with Crippen LogP contribution >= 0.6 is 0 Å². The highest BCUT2D eigenvalue weighted by atomic mass is 19.1. The van der Waals surface area contributed by atoms with Gasteiger partial charge >= 0.3 is 0 Å². The maximum Gasteiger partial charge on any atom is 0.164 e. The van der Waals surface area contributed by atoms with Crippen LogP contribution in [0.3, 0.4) is 0 Å². The van der Waals surface area contributed by atoms with Gasteiger partial charge in [0.15, 0.2) is 17.5 Å². The van der Waals surface area contributed by atoms with Crippen LogP contribution in [0.2, 0.25) is 0 Å². The Morgan fingerprint density at radius 3 is 1.77 bits per heavy atom. The number of hydrogen-bond acceptors (Lipinski definition) is 3. The zero-order chi connectivity index (χ0) is 37.7. The monoisotopic (exact) mass is 737 g/mol. The summed E-state index contributed by atoms with van der Waals surface area (Å²) in [5.41, 5.74) is 13.5. The number of hydrogen-bond donors (Lipinski definition) is 0. The lowest BCUT2D eigenvalue weighted by Crippen LogP contribution is -2.55. The molecule has 4 heteroatoms. The van der Waals surface area contributed by atoms with Crippen LogP contribution in [0.4, 0.5) is 4.39 Å². The fourth-order valence-corrected chi connectivity index (χ4v) is 11.9. The minimum Gasteiger partial charge on any atom is -0.208 e. The molecule has 1 aromatic heterocycles. The van der Waals surface area contributed by atoms with Gasteiger partial charge in [-0.25, -0.2) is 19.3 Å². The quantitative estimate of drug-likeness (QED) is 0.177. The Kier molecular flexibility index (Phi) is 7.29. The SMILES string of the molecule is Fc1cccc(-c2nc(-c3ccccc3)nc(-c3ccc(-c4cccc(-c5cccc6c5C5(c7ccc8ccccc8c7-6)C6CC7CC(C6)CC5C7)c4)cc3)n2)c1. The van der Waals surface area contributed by atoms with Gasteiger partial charge in [0.2, 0.25) is 0 Å². The fraction of sp³-hybridized carbons (Fsp3) is 0.189. The van der Waals surface area contributed by atoms with Crippen molar-refractivity contribution in [3.8, 4) is 67.5 Å². The van der Waals surface area contributed by atoms with Crippen LogP contribution in [0.1, 0.15) is 43.2 Å². The summed E-state index contributed by atoms with van der Waals surface area (Å²) in [6, 6.07) is 55.1. The third kappa shape index (κ3) is 5.06. The molecule has 0 unspecified atom stereocenters. The molecule has 5 aliphatic rings. The van der Waals surface area contributed by atoms with Gasteiger partial charge < -0.3 is 0 Å². The van der Waals surface area contributed by atoms with E-state index in [1.54, 1.807) is 17.2 Å². The van der Waals surface area contributed by atoms with Crippen molar-refractivity contribution in [2.24, 2.45) is 23.7 Å². The first-order valence-electron chi connectivity index (χ1n) is 20.5. The molecule has 0 atom stereocenters. The molecule has 7 aromatic carbocycles. The van der Waals surface area contributed by atoms with E-state index in [0.29, 0.717) is 34.9 Å². The first-order valence-corrected chi connectivity index (χ1v) is 20.5. The van der Waals surface area contributed by atoms with Crippen LogP contribution in [-0.4, -0.2) is 15.0 Å². The van der Waals surface area contributed by atoms with E-state index in [1.807, 2.05) is 36.4 Å². The van der Waals surface area contributed by atoms with Crippen molar-refractivity contribution in [2.45, 2.75) is 37.5 Å². The van der Waals surface area contributed by atoms with Gasteiger partial charge in [0.1, 0.15) is 5.82 Å². The molecule has 4 fully saturated rings. The maximum atomic E-state index is 14.3. The molecule has 1 spiro atoms. The maximum absolute atomic E-state index is 14.3. The van der Waals surface area contributed by atoms with E-state index in [1.165, 1.54) is 82.8 Å². The van der Waals surface area contributed by atoms with Gasteiger partial charge in [-0.1, -0.05) is 140 Å². The normalized spacial score (nSPS) is 22.5. The van der Waals surface area contributed by atoms with Crippen LogP contribution in [0.5, 0.6) is 0 Å². The predicted octanol–water partition coefficient (Wildman–Crippen LogP) is 13.2. The van der Waals surface area contributed by atoms with Gasteiger partial charge in [0, 0.05) is 22.1 Å². The summed E-state index contributed by atoms with van der Waals surface area (Å²) < 4.78 is 14.3. The molecular formula is C53H40FN3. The highest BCUT2D eigenvalue weighted by Crippen LogP contribution is 2.71. The molecule has 3 nitrogen and oxygen atoms in total. The summed E-state index contributed by atoms with van der Waals surface area (Å²) in [4.78, 5) is 14.5. The van der Waals surface area contributed by atoms with E-state index in [4.69, 9.17) is 15.0 Å². The van der Waals surface area contributed by atoms with E-state index in [0.717, 1.165) is 28.5 Å². The zero-order valence-corrected chi connectivity index (χ0v) is 31.6. The molecule has 0 amide bonds. The Hall–Kier alpha value is -6.26. The van der Waals surface area contributed by atoms with Crippen LogP contribution < -0.4 is 0 Å². The van der Waals surface area contributed by atoms with Crippen molar-refractivity contribution in [2.75, 3.05) is 0 Å². The molecule has 5 aliphatic carbocycles. The summed E-state index contributed by atoms with van der Waals surface area (Å²) in [5, 5.41) is 2.72. The molecule has 4 saturated carbocycles. The molecule has 0 N–H and O–H groups in total. The Balaban J connectivity index is 0.961. The second-order valence-electron chi connectivity index (χ2n) is 17.0. The van der Waals surface area contributed by atoms with Gasteiger partial charge in [-0.05, 0) is 129 Å². The molecule has 274 valence electrons. The molecule has 1 heterocycles. The van der Waals surface area contributed by atoms with Gasteiger partial charge in [-0.3, -0.25) is 0 Å². The minimum absolute atomic E-state index is 0.0594. The van der Waals surface area contributed by atoms with Crippen molar-refractivity contribution in [3.63, 3.8) is 0 Å². The highest BCUT2D eigenvalue weighted by Gasteiger charge is 2.62. The average Bonchev–Trinajstić information content (AvgIpc) is 3.57. The van der Waals surface area contributed by atoms with Crippen LogP contribution in [0, 0.1) is 29.5 Å². The Bertz CT molecular complexity index is 2850. The molecule has 0 saturated heterocycles. The fourth-order valence-electron chi connectivity index (χ4n) is 11.9. The number of rotatable bonds is 5. The Morgan fingerprint density at radius 2 is 1.02 bits per heavy atom. The lowest BCUT2D eigenvalue weighted by atomic mass is 9.42. The smallest absolute Gasteiger partial charge is 0.164 e. The van der Waals surface area contributed by atoms with Crippen molar-refractivity contribution >= 4 is 10.8 Å². The Morgan fingerprint density at radius 1 is 0.439 bits per heavy atom. The van der Waals surface area contributed by atoms with E-state index in [-0.39, 0.29) is 11.2 Å². The number of benzene rings is 7. The van der Waals surface area contributed by atoms with E-state index >= 15 is 0 Å². The summed E-state index contributed by atoms with van der Waals surface area (Å²) in [7, 11) is 0. The average molecular weight is 738 g/mol. The Labute approximate surface area is 332 Å². The number of aromatic nitrogens is 3. The number of nitrogens with zero attached hydrogens (tertiary/aromatic N) is 3. The third-order valence-electron chi connectivity index (χ3n) is 13.9. The molecule has 0 aliphatic heterocycles. The topological polar surface area (TPSA) is 38.7 Å². The zero-order valence-electron chi connectivity index (χ0n) is 31.6. The molecule has 13 rings (SSSR count). The third-order valence-corrected chi connectivity index (χ3v) is 13.9. The largest absolute Gasteiger partial charge is 0.208 e. The van der Waals surface area contributed by atoms with Crippen LogP contribution in [-0.2, 0) is 5.41 Å². The summed E-state index contributed by atoms with van der Waals surface area (Å²) in [5.74, 6) is 4.37. The molecule has 4 bridgehead atoms. The highest BCUT2D eigenvalue weighted by molar-refractivity contribution is 6.04. The summed E-state index contributed by atoms with van der Waals surface area (Å²) in [6.45, 7) is 0. The van der Waals surface area contributed by atoms with Gasteiger partial charge in [-0.2, -0.15) is 0 Å². The van der Waals surface area contributed by atoms with Crippen LogP contribution in [0.25, 0.3) is 78.3 Å². The standard InChI is InChI=1S/C53H40FN3/c54-43-15-7-14-40(31-43)52-56-50(36-10-2-1-3-11-36)55-51(57-52)37-21-19-34(20-22-37)38-12-6-13-39(30-38)45-17-8-18-46-48-44-16-5-4-9-35(44)23-24-47(48)53(49(45)46)41-26-32-25-33(28-41)29-42(53)27-32/h1-24,30-33,41-42H,25-29H2. The van der Waals surface area contributed by atoms with Crippen molar-refractivity contribution in [1.29, 1.82) is 0 Å². The molecule has 0 radical (unpaired) electrons. The minimum atomic E-state index is -0.325. The lowest BCUT2D eigenvalue weighted by Gasteiger charge is -2.61. The second-order valence-corrected chi connectivity index (χ2v) is 17.0. The van der Waals surface area contributed by atoms with Gasteiger partial charge in [0.25, 0.3) is 0 Å². The first-order chi connectivity index (χ1) is 28.1. The van der Waals surface area contributed by atoms with E-state index in [9.17, 15) is 4.39 Å². The van der Waals surface area contributed by atoms with Crippen molar-refractivity contribution < 1.29 is 4.39 Å². The van der Waals surface area contributed by atoms with Gasteiger partial charge in [0.05, 0.1) is 0 Å². The van der Waals surface area contributed by atoms with Gasteiger partial charge in [-0.15, -0.1) is 0 Å². The van der Waals surface area contributed by atoms with Crippen molar-refractivity contribution in [3.05, 3.63) is 175 Å². The predicted molar refractivity (Wildman–Crippen MR) is 228 cm³/mol. The van der Waals surface area contributed by atoms with E-state index < -0.39 is 0 Å². The second kappa shape index (κ2) is 12.6. The van der Waals surface area contributed by atoms with Crippen molar-refractivity contribution in [1.82, 2.24) is 15.0 Å². The number of halogens is 1. The summed E-state index contributed by atoms with van der Waals surface area (Å²) in [6.07, 6.45) is 6.88. The first kappa shape index (κ1) is 32.9. The molecular weight excluding hydrogens is 698 g/mol. The lowest BCUT2D eigenvalue weighted by molar-refractivity contribution is -0.0397. The molecule has 8 aromatic rings. The van der Waals surface area contributed by atoms with E-state index in [2.05, 4.69) is 103 Å².